The average Bonchev–Trinajstić information content (AvgIpc) is 2.26. The lowest BCUT2D eigenvalue weighted by Gasteiger charge is -2.24. The lowest BCUT2D eigenvalue weighted by molar-refractivity contribution is -0.119. The fourth-order valence-electron chi connectivity index (χ4n) is 1.56. The van der Waals surface area contributed by atoms with Gasteiger partial charge < -0.3 is 15.4 Å². The molecule has 0 atom stereocenters. The first-order valence-electron chi connectivity index (χ1n) is 5.86. The molecule has 108 valence electrons. The summed E-state index contributed by atoms with van der Waals surface area (Å²) in [5.74, 6) is 0.776. The van der Waals surface area contributed by atoms with Gasteiger partial charge in [0.05, 0.1) is 6.61 Å². The van der Waals surface area contributed by atoms with Crippen LogP contribution in [0.5, 0.6) is 5.88 Å². The Morgan fingerprint density at radius 2 is 2.05 bits per heavy atom. The molecule has 0 radical (unpaired) electrons. The Balaban J connectivity index is 3.00. The van der Waals surface area contributed by atoms with Crippen LogP contribution < -0.4 is 15.4 Å². The van der Waals surface area contributed by atoms with Crippen molar-refractivity contribution in [2.45, 2.75) is 20.0 Å². The van der Waals surface area contributed by atoms with Crippen molar-refractivity contribution in [2.24, 2.45) is 5.73 Å². The van der Waals surface area contributed by atoms with E-state index in [9.17, 15) is 13.2 Å². The fraction of sp³-hybridized carbons (Fsp3) is 0.636. The van der Waals surface area contributed by atoms with Crippen LogP contribution in [-0.4, -0.2) is 42.4 Å². The number of ether oxygens (including phenoxy) is 1. The summed E-state index contributed by atoms with van der Waals surface area (Å²) in [5.41, 5.74) is 5.34. The molecule has 0 aliphatic rings. The molecule has 1 rings (SSSR count). The van der Waals surface area contributed by atoms with Gasteiger partial charge in [-0.1, -0.05) is 0 Å². The average molecular weight is 278 g/mol. The van der Waals surface area contributed by atoms with E-state index in [-0.39, 0.29) is 24.8 Å². The number of aryl methyl sites for hydroxylation is 1. The Hall–Kier alpha value is -1.57. The van der Waals surface area contributed by atoms with Crippen molar-refractivity contribution < 1.29 is 17.9 Å². The monoisotopic (exact) mass is 278 g/mol. The van der Waals surface area contributed by atoms with Gasteiger partial charge in [0, 0.05) is 19.2 Å². The van der Waals surface area contributed by atoms with Crippen molar-refractivity contribution in [2.75, 3.05) is 31.1 Å². The lowest BCUT2D eigenvalue weighted by atomic mass is 10.4. The predicted molar refractivity (Wildman–Crippen MR) is 65.3 cm³/mol. The molecule has 2 N–H and O–H groups in total. The predicted octanol–water partition coefficient (Wildman–Crippen LogP) is 1.51. The standard InChI is InChI=1S/C11H17F3N4O/c1-3-19-10-6-9(16-8(2)17-10)18(5-4-15)7-11(12,13)14/h6H,3-5,7,15H2,1-2H3. The molecule has 1 aromatic heterocycles. The summed E-state index contributed by atoms with van der Waals surface area (Å²) in [6.45, 7) is 2.80. The smallest absolute Gasteiger partial charge is 0.405 e. The molecule has 0 fully saturated rings. The van der Waals surface area contributed by atoms with Crippen LogP contribution in [-0.2, 0) is 0 Å². The zero-order chi connectivity index (χ0) is 14.5. The Bertz CT molecular complexity index is 411. The molecule has 0 saturated heterocycles. The summed E-state index contributed by atoms with van der Waals surface area (Å²) < 4.78 is 42.7. The summed E-state index contributed by atoms with van der Waals surface area (Å²) in [6.07, 6.45) is -4.32. The Labute approximate surface area is 109 Å². The van der Waals surface area contributed by atoms with E-state index in [0.29, 0.717) is 12.4 Å². The second kappa shape index (κ2) is 6.55. The number of alkyl halides is 3. The zero-order valence-corrected chi connectivity index (χ0v) is 10.9. The summed E-state index contributed by atoms with van der Waals surface area (Å²) in [7, 11) is 0. The first-order chi connectivity index (χ1) is 8.85. The summed E-state index contributed by atoms with van der Waals surface area (Å²) in [6, 6.07) is 1.39. The number of nitrogens with zero attached hydrogens (tertiary/aromatic N) is 3. The van der Waals surface area contributed by atoms with Gasteiger partial charge in [-0.2, -0.15) is 18.2 Å². The van der Waals surface area contributed by atoms with Gasteiger partial charge in [0.25, 0.3) is 0 Å². The normalized spacial score (nSPS) is 11.5. The molecule has 1 aromatic rings. The quantitative estimate of drug-likeness (QED) is 0.854. The third-order valence-electron chi connectivity index (χ3n) is 2.19. The van der Waals surface area contributed by atoms with E-state index in [1.807, 2.05) is 0 Å². The van der Waals surface area contributed by atoms with Gasteiger partial charge >= 0.3 is 6.18 Å². The summed E-state index contributed by atoms with van der Waals surface area (Å²) >= 11 is 0. The van der Waals surface area contributed by atoms with E-state index in [4.69, 9.17) is 10.5 Å². The SMILES string of the molecule is CCOc1cc(N(CCN)CC(F)(F)F)nc(C)n1. The van der Waals surface area contributed by atoms with Gasteiger partial charge in [-0.05, 0) is 13.8 Å². The molecule has 0 aromatic carbocycles. The highest BCUT2D eigenvalue weighted by Crippen LogP contribution is 2.22. The summed E-state index contributed by atoms with van der Waals surface area (Å²) in [4.78, 5) is 9.06. The minimum atomic E-state index is -4.32. The van der Waals surface area contributed by atoms with Crippen molar-refractivity contribution in [3.63, 3.8) is 0 Å². The van der Waals surface area contributed by atoms with Crippen LogP contribution in [0, 0.1) is 6.92 Å². The molecule has 0 spiro atoms. The second-order valence-corrected chi connectivity index (χ2v) is 3.87. The van der Waals surface area contributed by atoms with E-state index < -0.39 is 12.7 Å². The van der Waals surface area contributed by atoms with E-state index in [0.717, 1.165) is 4.90 Å². The second-order valence-electron chi connectivity index (χ2n) is 3.87. The minimum Gasteiger partial charge on any atom is -0.478 e. The maximum absolute atomic E-state index is 12.5. The largest absolute Gasteiger partial charge is 0.478 e. The van der Waals surface area contributed by atoms with Gasteiger partial charge in [-0.25, -0.2) is 4.98 Å². The van der Waals surface area contributed by atoms with Crippen LogP contribution in [0.1, 0.15) is 12.7 Å². The molecule has 8 heteroatoms. The highest BCUT2D eigenvalue weighted by molar-refractivity contribution is 5.42. The zero-order valence-electron chi connectivity index (χ0n) is 10.9. The molecular weight excluding hydrogens is 261 g/mol. The third kappa shape index (κ3) is 5.29. The lowest BCUT2D eigenvalue weighted by Crippen LogP contribution is -2.38. The van der Waals surface area contributed by atoms with E-state index in [1.165, 1.54) is 6.07 Å². The molecule has 0 amide bonds. The van der Waals surface area contributed by atoms with Crippen molar-refractivity contribution in [1.29, 1.82) is 0 Å². The molecule has 0 aliphatic heterocycles. The van der Waals surface area contributed by atoms with Gasteiger partial charge in [0.2, 0.25) is 5.88 Å². The first kappa shape index (κ1) is 15.5. The Kier molecular flexibility index (Phi) is 5.34. The van der Waals surface area contributed by atoms with Crippen molar-refractivity contribution in [1.82, 2.24) is 9.97 Å². The number of rotatable bonds is 6. The Morgan fingerprint density at radius 3 is 2.58 bits per heavy atom. The molecule has 19 heavy (non-hydrogen) atoms. The highest BCUT2D eigenvalue weighted by Gasteiger charge is 2.31. The molecule has 1 heterocycles. The first-order valence-corrected chi connectivity index (χ1v) is 5.86. The number of aromatic nitrogens is 2. The van der Waals surface area contributed by atoms with Gasteiger partial charge in [-0.15, -0.1) is 0 Å². The maximum atomic E-state index is 12.5. The minimum absolute atomic E-state index is 0.0571. The fourth-order valence-corrected chi connectivity index (χ4v) is 1.56. The number of hydrogen-bond acceptors (Lipinski definition) is 5. The number of halogens is 3. The highest BCUT2D eigenvalue weighted by atomic mass is 19.4. The molecule has 0 saturated carbocycles. The van der Waals surface area contributed by atoms with Crippen molar-refractivity contribution in [3.8, 4) is 5.88 Å². The van der Waals surface area contributed by atoms with Crippen molar-refractivity contribution >= 4 is 5.82 Å². The van der Waals surface area contributed by atoms with Crippen LogP contribution in [0.15, 0.2) is 6.07 Å². The van der Waals surface area contributed by atoms with Crippen molar-refractivity contribution in [3.05, 3.63) is 11.9 Å². The van der Waals surface area contributed by atoms with E-state index >= 15 is 0 Å². The maximum Gasteiger partial charge on any atom is 0.405 e. The number of anilines is 1. The molecule has 5 nitrogen and oxygen atoms in total. The van der Waals surface area contributed by atoms with Gasteiger partial charge in [-0.3, -0.25) is 0 Å². The molecular formula is C11H17F3N4O. The third-order valence-corrected chi connectivity index (χ3v) is 2.19. The van der Waals surface area contributed by atoms with E-state index in [1.54, 1.807) is 13.8 Å². The van der Waals surface area contributed by atoms with Crippen LogP contribution in [0.25, 0.3) is 0 Å². The number of hydrogen-bond donors (Lipinski definition) is 1. The van der Waals surface area contributed by atoms with Crippen LogP contribution in [0.3, 0.4) is 0 Å². The van der Waals surface area contributed by atoms with Crippen LogP contribution in [0.4, 0.5) is 19.0 Å². The molecule has 0 bridgehead atoms. The molecule has 0 unspecified atom stereocenters. The van der Waals surface area contributed by atoms with Crippen LogP contribution in [0.2, 0.25) is 0 Å². The topological polar surface area (TPSA) is 64.3 Å². The molecule has 0 aliphatic carbocycles. The Morgan fingerprint density at radius 1 is 1.37 bits per heavy atom. The number of nitrogens with two attached hydrogens (primary N) is 1. The summed E-state index contributed by atoms with van der Waals surface area (Å²) in [5, 5.41) is 0. The van der Waals surface area contributed by atoms with E-state index in [2.05, 4.69) is 9.97 Å². The van der Waals surface area contributed by atoms with Crippen LogP contribution >= 0.6 is 0 Å². The van der Waals surface area contributed by atoms with Gasteiger partial charge in [0.1, 0.15) is 18.2 Å². The van der Waals surface area contributed by atoms with Gasteiger partial charge in [0.15, 0.2) is 0 Å².